The number of halogens is 2. The van der Waals surface area contributed by atoms with Crippen LogP contribution in [0, 0.1) is 11.8 Å². The van der Waals surface area contributed by atoms with E-state index in [2.05, 4.69) is 27.4 Å². The molecule has 2 aliphatic rings. The van der Waals surface area contributed by atoms with E-state index < -0.39 is 12.1 Å². The highest BCUT2D eigenvalue weighted by Gasteiger charge is 2.39. The molecule has 8 heteroatoms. The molecule has 0 aromatic heterocycles. The third-order valence-corrected chi connectivity index (χ3v) is 8.89. The summed E-state index contributed by atoms with van der Waals surface area (Å²) in [5.74, 6) is -0.319. The minimum atomic E-state index is -0.977. The molecule has 6 nitrogen and oxygen atoms in total. The van der Waals surface area contributed by atoms with Gasteiger partial charge >= 0.3 is 11.9 Å². The topological polar surface area (TPSA) is 76.1 Å². The lowest BCUT2D eigenvalue weighted by Crippen LogP contribution is -2.44. The second-order valence-electron chi connectivity index (χ2n) is 10.7. The molecule has 3 aromatic rings. The lowest BCUT2D eigenvalue weighted by atomic mass is 9.70. The SMILES string of the molecule is C=C[C@H](OC(=O)c1ccc(Br)cc1)C1CCC1CN1CCCCc2cc(Cl)ccc2COc2ccc(C(=O)O)cc21. The maximum absolute atomic E-state index is 12.9. The maximum Gasteiger partial charge on any atom is 0.338 e. The summed E-state index contributed by atoms with van der Waals surface area (Å²) in [4.78, 5) is 27.0. The fourth-order valence-corrected chi connectivity index (χ4v) is 6.16. The van der Waals surface area contributed by atoms with Gasteiger partial charge in [-0.25, -0.2) is 9.59 Å². The van der Waals surface area contributed by atoms with Crippen LogP contribution in [0.2, 0.25) is 5.02 Å². The molecule has 3 atom stereocenters. The van der Waals surface area contributed by atoms with E-state index in [1.54, 1.807) is 36.4 Å². The normalized spacial score (nSPS) is 19.3. The summed E-state index contributed by atoms with van der Waals surface area (Å²) >= 11 is 9.68. The van der Waals surface area contributed by atoms with Gasteiger partial charge in [-0.15, -0.1) is 0 Å². The number of anilines is 1. The first-order valence-electron chi connectivity index (χ1n) is 13.9. The first-order valence-corrected chi connectivity index (χ1v) is 15.1. The summed E-state index contributed by atoms with van der Waals surface area (Å²) in [6.07, 6.45) is 6.00. The highest BCUT2D eigenvalue weighted by atomic mass is 79.9. The molecule has 2 unspecified atom stereocenters. The number of benzene rings is 3. The number of esters is 1. The Labute approximate surface area is 254 Å². The zero-order valence-electron chi connectivity index (χ0n) is 22.7. The predicted molar refractivity (Wildman–Crippen MR) is 164 cm³/mol. The Hall–Kier alpha value is -3.29. The monoisotopic (exact) mass is 637 g/mol. The molecule has 1 aliphatic carbocycles. The number of nitrogens with zero attached hydrogens (tertiary/aromatic N) is 1. The van der Waals surface area contributed by atoms with Crippen LogP contribution in [0.1, 0.15) is 57.5 Å². The number of hydrogen-bond donors (Lipinski definition) is 1. The van der Waals surface area contributed by atoms with Crippen LogP contribution in [0.15, 0.2) is 77.8 Å². The van der Waals surface area contributed by atoms with Gasteiger partial charge in [0.2, 0.25) is 0 Å². The van der Waals surface area contributed by atoms with Gasteiger partial charge in [0.05, 0.1) is 16.8 Å². The van der Waals surface area contributed by atoms with Crippen molar-refractivity contribution < 1.29 is 24.2 Å². The molecule has 0 spiro atoms. The Bertz CT molecular complexity index is 1430. The third-order valence-electron chi connectivity index (χ3n) is 8.13. The summed E-state index contributed by atoms with van der Waals surface area (Å²) in [5, 5.41) is 10.5. The zero-order valence-corrected chi connectivity index (χ0v) is 25.1. The molecule has 1 heterocycles. The Morgan fingerprint density at radius 3 is 2.56 bits per heavy atom. The number of aryl methyl sites for hydroxylation is 1. The summed E-state index contributed by atoms with van der Waals surface area (Å²) in [6, 6.07) is 18.1. The number of carbonyl (C=O) groups is 2. The van der Waals surface area contributed by atoms with E-state index in [-0.39, 0.29) is 23.4 Å². The fraction of sp³-hybridized carbons (Fsp3) is 0.333. The van der Waals surface area contributed by atoms with Crippen LogP contribution < -0.4 is 9.64 Å². The van der Waals surface area contributed by atoms with Crippen molar-refractivity contribution in [1.29, 1.82) is 0 Å². The molecule has 1 N–H and O–H groups in total. The third kappa shape index (κ3) is 6.96. The minimum Gasteiger partial charge on any atom is -0.487 e. The molecule has 214 valence electrons. The minimum absolute atomic E-state index is 0.128. The van der Waals surface area contributed by atoms with Crippen molar-refractivity contribution in [3.63, 3.8) is 0 Å². The van der Waals surface area contributed by atoms with E-state index in [1.165, 1.54) is 5.56 Å². The summed E-state index contributed by atoms with van der Waals surface area (Å²) in [7, 11) is 0. The van der Waals surface area contributed by atoms with E-state index in [0.717, 1.165) is 54.4 Å². The molecular weight excluding hydrogens is 606 g/mol. The number of hydrogen-bond acceptors (Lipinski definition) is 5. The summed E-state index contributed by atoms with van der Waals surface area (Å²) < 4.78 is 13.1. The molecule has 0 saturated heterocycles. The molecular formula is C33H33BrClNO5. The van der Waals surface area contributed by atoms with Gasteiger partial charge < -0.3 is 19.5 Å². The second-order valence-corrected chi connectivity index (χ2v) is 12.1. The van der Waals surface area contributed by atoms with Gasteiger partial charge in [0.25, 0.3) is 0 Å². The van der Waals surface area contributed by atoms with Crippen molar-refractivity contribution in [3.8, 4) is 5.75 Å². The lowest BCUT2D eigenvalue weighted by Gasteiger charge is -2.43. The van der Waals surface area contributed by atoms with Crippen LogP contribution in [0.3, 0.4) is 0 Å². The Balaban J connectivity index is 1.36. The quantitative estimate of drug-likeness (QED) is 0.209. The van der Waals surface area contributed by atoms with Gasteiger partial charge in [-0.3, -0.25) is 0 Å². The van der Waals surface area contributed by atoms with E-state index in [4.69, 9.17) is 21.1 Å². The number of carboxylic acid groups (broad SMARTS) is 1. The number of fused-ring (bicyclic) bond motifs is 2. The molecule has 1 aliphatic heterocycles. The van der Waals surface area contributed by atoms with Crippen LogP contribution in [-0.2, 0) is 17.8 Å². The highest BCUT2D eigenvalue weighted by molar-refractivity contribution is 9.10. The van der Waals surface area contributed by atoms with Gasteiger partial charge in [0.15, 0.2) is 0 Å². The van der Waals surface area contributed by atoms with E-state index >= 15 is 0 Å². The van der Waals surface area contributed by atoms with Gasteiger partial charge in [-0.05, 0) is 104 Å². The van der Waals surface area contributed by atoms with E-state index in [9.17, 15) is 14.7 Å². The van der Waals surface area contributed by atoms with Crippen LogP contribution in [0.4, 0.5) is 5.69 Å². The Kier molecular flexibility index (Phi) is 9.35. The molecule has 1 fully saturated rings. The van der Waals surface area contributed by atoms with E-state index in [1.807, 2.05) is 30.3 Å². The molecule has 5 rings (SSSR count). The average Bonchev–Trinajstić information content (AvgIpc) is 2.98. The number of rotatable bonds is 7. The van der Waals surface area contributed by atoms with E-state index in [0.29, 0.717) is 29.5 Å². The van der Waals surface area contributed by atoms with Gasteiger partial charge in [-0.1, -0.05) is 46.3 Å². The summed E-state index contributed by atoms with van der Waals surface area (Å²) in [5.41, 5.74) is 3.75. The first-order chi connectivity index (χ1) is 19.8. The molecule has 0 amide bonds. The van der Waals surface area contributed by atoms with Crippen LogP contribution in [0.5, 0.6) is 5.75 Å². The van der Waals surface area contributed by atoms with Crippen LogP contribution >= 0.6 is 27.5 Å². The zero-order chi connectivity index (χ0) is 28.9. The standard InChI is InChI=1S/C33H33BrClNO5/c1-2-30(41-33(39)21-6-11-26(34)12-7-21)28-14-9-24(28)19-36-16-4-3-5-22-17-27(35)13-8-25(22)20-40-31-15-10-23(32(37)38)18-29(31)36/h2,6-8,10-13,15,17-18,24,28,30H,1,3-5,9,14,16,19-20H2,(H,37,38)/t24?,28?,30-/m0/s1. The first kappa shape index (κ1) is 29.2. The number of aromatic carboxylic acids is 1. The average molecular weight is 639 g/mol. The van der Waals surface area contributed by atoms with Crippen molar-refractivity contribution in [2.75, 3.05) is 18.0 Å². The number of carboxylic acids is 1. The molecule has 0 bridgehead atoms. The Morgan fingerprint density at radius 2 is 1.85 bits per heavy atom. The van der Waals surface area contributed by atoms with Crippen molar-refractivity contribution in [2.24, 2.45) is 11.8 Å². The van der Waals surface area contributed by atoms with Crippen molar-refractivity contribution in [3.05, 3.63) is 105 Å². The van der Waals surface area contributed by atoms with Gasteiger partial charge in [0, 0.05) is 28.5 Å². The molecule has 0 radical (unpaired) electrons. The number of ether oxygens (including phenoxy) is 2. The highest BCUT2D eigenvalue weighted by Crippen LogP contribution is 2.41. The largest absolute Gasteiger partial charge is 0.487 e. The van der Waals surface area contributed by atoms with Crippen molar-refractivity contribution >= 4 is 45.2 Å². The van der Waals surface area contributed by atoms with Gasteiger partial charge in [0.1, 0.15) is 18.5 Å². The summed E-state index contributed by atoms with van der Waals surface area (Å²) in [6.45, 7) is 5.78. The van der Waals surface area contributed by atoms with Crippen molar-refractivity contribution in [1.82, 2.24) is 0 Å². The molecule has 41 heavy (non-hydrogen) atoms. The van der Waals surface area contributed by atoms with Crippen LogP contribution in [-0.4, -0.2) is 36.2 Å². The number of carbonyl (C=O) groups excluding carboxylic acids is 1. The van der Waals surface area contributed by atoms with Crippen LogP contribution in [0.25, 0.3) is 0 Å². The molecule has 3 aromatic carbocycles. The maximum atomic E-state index is 12.9. The second kappa shape index (κ2) is 13.1. The smallest absolute Gasteiger partial charge is 0.338 e. The Morgan fingerprint density at radius 1 is 1.07 bits per heavy atom. The fourth-order valence-electron chi connectivity index (χ4n) is 5.70. The van der Waals surface area contributed by atoms with Crippen molar-refractivity contribution in [2.45, 2.75) is 44.8 Å². The predicted octanol–water partition coefficient (Wildman–Crippen LogP) is 7.96. The van der Waals surface area contributed by atoms with Gasteiger partial charge in [-0.2, -0.15) is 0 Å². The molecule has 1 saturated carbocycles. The lowest BCUT2D eigenvalue weighted by molar-refractivity contribution is -0.00170.